The molecule has 7 nitrogen and oxygen atoms in total. The lowest BCUT2D eigenvalue weighted by atomic mass is 10.0. The smallest absolute Gasteiger partial charge is 0.159 e. The van der Waals surface area contributed by atoms with Gasteiger partial charge < -0.3 is 19.1 Å². The Morgan fingerprint density at radius 2 is 1.70 bits per heavy atom. The maximum atomic E-state index is 10.0. The molecule has 2 aromatic carbocycles. The molecule has 4 heterocycles. The van der Waals surface area contributed by atoms with Crippen LogP contribution in [0.5, 0.6) is 0 Å². The highest BCUT2D eigenvalue weighted by atomic mass is 16.6. The lowest BCUT2D eigenvalue weighted by Gasteiger charge is -2.19. The number of fused-ring (bicyclic) bond motifs is 2. The second-order valence-electron chi connectivity index (χ2n) is 7.71. The van der Waals surface area contributed by atoms with Crippen LogP contribution >= 0.6 is 0 Å². The molecular weight excluding hydrogens is 380 g/mol. The van der Waals surface area contributed by atoms with E-state index in [-0.39, 0.29) is 18.2 Å². The Morgan fingerprint density at radius 1 is 0.900 bits per heavy atom. The number of aliphatic hydroxyl groups is 1. The van der Waals surface area contributed by atoms with Crippen molar-refractivity contribution in [3.63, 3.8) is 0 Å². The summed E-state index contributed by atoms with van der Waals surface area (Å²) in [6, 6.07) is 14.3. The summed E-state index contributed by atoms with van der Waals surface area (Å²) in [7, 11) is 0. The van der Waals surface area contributed by atoms with E-state index in [0.29, 0.717) is 19.0 Å². The first-order chi connectivity index (χ1) is 14.8. The zero-order valence-corrected chi connectivity index (χ0v) is 16.1. The highest BCUT2D eigenvalue weighted by molar-refractivity contribution is 5.95. The van der Waals surface area contributed by atoms with Gasteiger partial charge in [0, 0.05) is 30.4 Å². The van der Waals surface area contributed by atoms with Gasteiger partial charge in [-0.05, 0) is 10.8 Å². The number of aromatic nitrogens is 4. The van der Waals surface area contributed by atoms with Gasteiger partial charge in [0.15, 0.2) is 5.82 Å². The van der Waals surface area contributed by atoms with E-state index in [1.165, 1.54) is 0 Å². The van der Waals surface area contributed by atoms with Gasteiger partial charge >= 0.3 is 0 Å². The van der Waals surface area contributed by atoms with E-state index in [4.69, 9.17) is 9.47 Å². The minimum absolute atomic E-state index is 0.0395. The zero-order chi connectivity index (χ0) is 20.1. The number of ether oxygens (including phenoxy) is 2. The molecule has 30 heavy (non-hydrogen) atoms. The second kappa shape index (κ2) is 6.98. The summed E-state index contributed by atoms with van der Waals surface area (Å²) in [6.07, 6.45) is 6.25. The van der Waals surface area contributed by atoms with Crippen molar-refractivity contribution < 1.29 is 14.6 Å². The molecule has 2 aromatic heterocycles. The molecular formula is C23H20N4O3. The highest BCUT2D eigenvalue weighted by Gasteiger charge is 2.48. The standard InChI is InChI=1S/C23H20N4O3/c28-19-13-30-20-18(12-29-21(19)20)27-9-8-24-23(27)15-10-25-22(26-11-15)17-7-3-5-14-4-1-2-6-16(14)17/h1-11,18-21,28H,12-13H2/t18-,19+,20+,21+/m0/s1. The summed E-state index contributed by atoms with van der Waals surface area (Å²) in [5.74, 6) is 1.44. The maximum Gasteiger partial charge on any atom is 0.159 e. The first kappa shape index (κ1) is 17.7. The van der Waals surface area contributed by atoms with Crippen LogP contribution in [0.2, 0.25) is 0 Å². The van der Waals surface area contributed by atoms with Gasteiger partial charge in [0.25, 0.3) is 0 Å². The first-order valence-corrected chi connectivity index (χ1v) is 10.0. The molecule has 1 N–H and O–H groups in total. The average molecular weight is 400 g/mol. The number of hydrogen-bond donors (Lipinski definition) is 1. The summed E-state index contributed by atoms with van der Waals surface area (Å²) >= 11 is 0. The van der Waals surface area contributed by atoms with Crippen molar-refractivity contribution in [1.29, 1.82) is 0 Å². The lowest BCUT2D eigenvalue weighted by Crippen LogP contribution is -2.30. The Morgan fingerprint density at radius 3 is 2.60 bits per heavy atom. The fourth-order valence-corrected chi connectivity index (χ4v) is 4.50. The molecule has 0 unspecified atom stereocenters. The Labute approximate surface area is 173 Å². The topological polar surface area (TPSA) is 82.3 Å². The van der Waals surface area contributed by atoms with Crippen LogP contribution in [0.15, 0.2) is 67.3 Å². The van der Waals surface area contributed by atoms with Gasteiger partial charge in [0.05, 0.1) is 24.8 Å². The Hall–Kier alpha value is -3.13. The number of imidazole rings is 1. The number of nitrogens with zero attached hydrogens (tertiary/aromatic N) is 4. The predicted molar refractivity (Wildman–Crippen MR) is 111 cm³/mol. The molecule has 2 aliphatic heterocycles. The minimum Gasteiger partial charge on any atom is -0.388 e. The molecule has 4 aromatic rings. The quantitative estimate of drug-likeness (QED) is 0.570. The van der Waals surface area contributed by atoms with Crippen molar-refractivity contribution in [2.45, 2.75) is 24.4 Å². The molecule has 150 valence electrons. The van der Waals surface area contributed by atoms with Crippen molar-refractivity contribution in [3.05, 3.63) is 67.3 Å². The summed E-state index contributed by atoms with van der Waals surface area (Å²) in [6.45, 7) is 0.781. The predicted octanol–water partition coefficient (Wildman–Crippen LogP) is 2.86. The van der Waals surface area contributed by atoms with E-state index in [1.807, 2.05) is 35.0 Å². The summed E-state index contributed by atoms with van der Waals surface area (Å²) in [5.41, 5.74) is 1.83. The Balaban J connectivity index is 1.34. The molecule has 0 bridgehead atoms. The fourth-order valence-electron chi connectivity index (χ4n) is 4.50. The van der Waals surface area contributed by atoms with Crippen LogP contribution < -0.4 is 0 Å². The van der Waals surface area contributed by atoms with Crippen LogP contribution in [-0.2, 0) is 9.47 Å². The minimum atomic E-state index is -0.574. The summed E-state index contributed by atoms with van der Waals surface area (Å²) in [4.78, 5) is 13.8. The van der Waals surface area contributed by atoms with Crippen LogP contribution in [0.1, 0.15) is 6.04 Å². The Kier molecular flexibility index (Phi) is 4.12. The maximum absolute atomic E-state index is 10.0. The molecule has 0 amide bonds. The average Bonchev–Trinajstić information content (AvgIpc) is 3.51. The number of benzene rings is 2. The van der Waals surface area contributed by atoms with Crippen LogP contribution in [0.25, 0.3) is 33.5 Å². The van der Waals surface area contributed by atoms with Crippen molar-refractivity contribution in [2.75, 3.05) is 13.2 Å². The molecule has 0 aliphatic carbocycles. The molecule has 2 saturated heterocycles. The van der Waals surface area contributed by atoms with E-state index >= 15 is 0 Å². The van der Waals surface area contributed by atoms with Gasteiger partial charge in [-0.3, -0.25) is 0 Å². The van der Waals surface area contributed by atoms with Gasteiger partial charge in [-0.15, -0.1) is 0 Å². The molecule has 7 heteroatoms. The van der Waals surface area contributed by atoms with Crippen LogP contribution in [0, 0.1) is 0 Å². The molecule has 0 radical (unpaired) electrons. The Bertz CT molecular complexity index is 1200. The zero-order valence-electron chi connectivity index (χ0n) is 16.1. The van der Waals surface area contributed by atoms with Crippen molar-refractivity contribution >= 4 is 10.8 Å². The molecule has 0 spiro atoms. The SMILES string of the molecule is O[C@@H]1CO[C@H]2[C@@H]1OC[C@@H]2n1ccnc1-c1cnc(-c2cccc3ccccc23)nc1. The second-order valence-corrected chi connectivity index (χ2v) is 7.71. The largest absolute Gasteiger partial charge is 0.388 e. The number of rotatable bonds is 3. The molecule has 0 saturated carbocycles. The van der Waals surface area contributed by atoms with E-state index in [0.717, 1.165) is 27.7 Å². The summed E-state index contributed by atoms with van der Waals surface area (Å²) in [5, 5.41) is 12.3. The van der Waals surface area contributed by atoms with Crippen LogP contribution in [-0.4, -0.2) is 56.2 Å². The van der Waals surface area contributed by atoms with Gasteiger partial charge in [-0.1, -0.05) is 42.5 Å². The number of aliphatic hydroxyl groups excluding tert-OH is 1. The third kappa shape index (κ3) is 2.74. The van der Waals surface area contributed by atoms with E-state index in [9.17, 15) is 5.11 Å². The van der Waals surface area contributed by atoms with E-state index in [1.54, 1.807) is 18.6 Å². The molecule has 4 atom stereocenters. The molecule has 2 fully saturated rings. The summed E-state index contributed by atoms with van der Waals surface area (Å²) < 4.78 is 13.6. The third-order valence-corrected chi connectivity index (χ3v) is 5.97. The third-order valence-electron chi connectivity index (χ3n) is 5.97. The highest BCUT2D eigenvalue weighted by Crippen LogP contribution is 2.36. The van der Waals surface area contributed by atoms with Gasteiger partial charge in [-0.25, -0.2) is 15.0 Å². The van der Waals surface area contributed by atoms with Crippen molar-refractivity contribution in [2.24, 2.45) is 0 Å². The van der Waals surface area contributed by atoms with Crippen molar-refractivity contribution in [3.8, 4) is 22.8 Å². The van der Waals surface area contributed by atoms with Crippen LogP contribution in [0.4, 0.5) is 0 Å². The first-order valence-electron chi connectivity index (χ1n) is 10.0. The lowest BCUT2D eigenvalue weighted by molar-refractivity contribution is 0.0172. The molecule has 6 rings (SSSR count). The van der Waals surface area contributed by atoms with Gasteiger partial charge in [0.2, 0.25) is 0 Å². The van der Waals surface area contributed by atoms with Gasteiger partial charge in [0.1, 0.15) is 24.1 Å². The molecule has 2 aliphatic rings. The van der Waals surface area contributed by atoms with Crippen LogP contribution in [0.3, 0.4) is 0 Å². The normalized spacial score (nSPS) is 25.6. The van der Waals surface area contributed by atoms with Crippen molar-refractivity contribution in [1.82, 2.24) is 19.5 Å². The van der Waals surface area contributed by atoms with E-state index in [2.05, 4.69) is 33.2 Å². The van der Waals surface area contributed by atoms with E-state index < -0.39 is 6.10 Å². The van der Waals surface area contributed by atoms with Gasteiger partial charge in [-0.2, -0.15) is 0 Å². The number of hydrogen-bond acceptors (Lipinski definition) is 6. The monoisotopic (exact) mass is 400 g/mol. The fraction of sp³-hybridized carbons (Fsp3) is 0.261.